The van der Waals surface area contributed by atoms with Crippen molar-refractivity contribution in [2.75, 3.05) is 26.2 Å². The minimum absolute atomic E-state index is 0.922. The molecule has 2 nitrogen and oxygen atoms in total. The van der Waals surface area contributed by atoms with Crippen molar-refractivity contribution in [1.29, 1.82) is 0 Å². The zero-order chi connectivity index (χ0) is 12.4. The summed E-state index contributed by atoms with van der Waals surface area (Å²) in [5.41, 5.74) is 2.84. The second-order valence-corrected chi connectivity index (χ2v) is 5.89. The summed E-state index contributed by atoms with van der Waals surface area (Å²) < 4.78 is 0. The quantitative estimate of drug-likeness (QED) is 0.806. The maximum Gasteiger partial charge on any atom is 0.0234 e. The normalized spacial score (nSPS) is 22.9. The Morgan fingerprint density at radius 1 is 1.11 bits per heavy atom. The molecule has 1 aliphatic heterocycles. The van der Waals surface area contributed by atoms with Gasteiger partial charge in [0.05, 0.1) is 0 Å². The second kappa shape index (κ2) is 5.41. The van der Waals surface area contributed by atoms with Gasteiger partial charge in [-0.15, -0.1) is 0 Å². The minimum atomic E-state index is 0.922. The molecule has 2 fully saturated rings. The van der Waals surface area contributed by atoms with E-state index in [1.54, 1.807) is 0 Å². The topological polar surface area (TPSA) is 6.48 Å². The van der Waals surface area contributed by atoms with E-state index in [-0.39, 0.29) is 0 Å². The summed E-state index contributed by atoms with van der Waals surface area (Å²) in [5, 5.41) is 0. The highest BCUT2D eigenvalue weighted by Crippen LogP contribution is 2.25. The second-order valence-electron chi connectivity index (χ2n) is 5.89. The van der Waals surface area contributed by atoms with Gasteiger partial charge in [-0.25, -0.2) is 0 Å². The maximum atomic E-state index is 2.70. The van der Waals surface area contributed by atoms with Crippen molar-refractivity contribution in [1.82, 2.24) is 9.80 Å². The summed E-state index contributed by atoms with van der Waals surface area (Å²) in [7, 11) is 0. The molecule has 0 unspecified atom stereocenters. The van der Waals surface area contributed by atoms with Crippen LogP contribution in [0.1, 0.15) is 30.4 Å². The fraction of sp³-hybridized carbons (Fsp3) is 0.625. The molecule has 2 aliphatic rings. The number of piperazine rings is 1. The van der Waals surface area contributed by atoms with E-state index >= 15 is 0 Å². The predicted octanol–water partition coefficient (Wildman–Crippen LogP) is 2.67. The van der Waals surface area contributed by atoms with Crippen LogP contribution in [0.3, 0.4) is 0 Å². The lowest BCUT2D eigenvalue weighted by atomic mass is 9.91. The van der Waals surface area contributed by atoms with Gasteiger partial charge in [0.2, 0.25) is 0 Å². The first-order chi connectivity index (χ1) is 8.81. The van der Waals surface area contributed by atoms with Crippen LogP contribution in [0.25, 0.3) is 0 Å². The van der Waals surface area contributed by atoms with Gasteiger partial charge in [0.15, 0.2) is 0 Å². The highest BCUT2D eigenvalue weighted by molar-refractivity contribution is 5.22. The molecule has 0 spiro atoms. The third kappa shape index (κ3) is 2.76. The zero-order valence-electron chi connectivity index (χ0n) is 11.4. The van der Waals surface area contributed by atoms with Gasteiger partial charge in [-0.05, 0) is 25.3 Å². The van der Waals surface area contributed by atoms with Crippen molar-refractivity contribution in [3.8, 4) is 0 Å². The lowest BCUT2D eigenvalue weighted by molar-refractivity contribution is 0.0587. The number of hydrogen-bond acceptors (Lipinski definition) is 2. The van der Waals surface area contributed by atoms with Crippen LogP contribution in [-0.2, 0) is 6.54 Å². The molecular formula is C16H24N2. The average Bonchev–Trinajstić information content (AvgIpc) is 2.29. The third-order valence-corrected chi connectivity index (χ3v) is 4.49. The van der Waals surface area contributed by atoms with Gasteiger partial charge in [0.1, 0.15) is 0 Å². The van der Waals surface area contributed by atoms with E-state index in [4.69, 9.17) is 0 Å². The van der Waals surface area contributed by atoms with Gasteiger partial charge in [0.25, 0.3) is 0 Å². The summed E-state index contributed by atoms with van der Waals surface area (Å²) in [5.74, 6) is 0. The Morgan fingerprint density at radius 3 is 2.50 bits per heavy atom. The van der Waals surface area contributed by atoms with Crippen LogP contribution in [-0.4, -0.2) is 42.0 Å². The van der Waals surface area contributed by atoms with E-state index in [0.717, 1.165) is 12.6 Å². The van der Waals surface area contributed by atoms with Gasteiger partial charge in [-0.1, -0.05) is 36.2 Å². The Morgan fingerprint density at radius 2 is 1.89 bits per heavy atom. The Bertz CT molecular complexity index is 390. The van der Waals surface area contributed by atoms with Gasteiger partial charge in [-0.2, -0.15) is 0 Å². The molecule has 98 valence electrons. The average molecular weight is 244 g/mol. The first-order valence-electron chi connectivity index (χ1n) is 7.33. The van der Waals surface area contributed by atoms with Crippen LogP contribution >= 0.6 is 0 Å². The van der Waals surface area contributed by atoms with Crippen LogP contribution in [0.5, 0.6) is 0 Å². The zero-order valence-corrected chi connectivity index (χ0v) is 11.4. The van der Waals surface area contributed by atoms with Crippen molar-refractivity contribution >= 4 is 0 Å². The molecule has 0 N–H and O–H groups in total. The summed E-state index contributed by atoms with van der Waals surface area (Å²) in [6.07, 6.45) is 4.34. The monoisotopic (exact) mass is 244 g/mol. The number of benzene rings is 1. The Hall–Kier alpha value is -0.860. The molecule has 1 aliphatic carbocycles. The largest absolute Gasteiger partial charge is 0.298 e. The van der Waals surface area contributed by atoms with Crippen LogP contribution in [0.15, 0.2) is 24.3 Å². The number of aryl methyl sites for hydroxylation is 1. The number of hydrogen-bond donors (Lipinski definition) is 0. The van der Waals surface area contributed by atoms with E-state index in [9.17, 15) is 0 Å². The van der Waals surface area contributed by atoms with Crippen molar-refractivity contribution in [2.45, 2.75) is 38.8 Å². The standard InChI is InChI=1S/C16H24N2/c1-14-4-2-5-15(12-14)13-17-8-10-18(11-9-17)16-6-3-7-16/h2,4-5,12,16H,3,6-11,13H2,1H3. The lowest BCUT2D eigenvalue weighted by Gasteiger charge is -2.43. The molecule has 1 saturated heterocycles. The van der Waals surface area contributed by atoms with Crippen molar-refractivity contribution in [2.24, 2.45) is 0 Å². The summed E-state index contributed by atoms with van der Waals surface area (Å²) in [6, 6.07) is 9.85. The number of rotatable bonds is 3. The first kappa shape index (κ1) is 12.2. The van der Waals surface area contributed by atoms with Crippen LogP contribution in [0.4, 0.5) is 0 Å². The van der Waals surface area contributed by atoms with Gasteiger partial charge >= 0.3 is 0 Å². The van der Waals surface area contributed by atoms with E-state index in [1.165, 1.54) is 56.6 Å². The van der Waals surface area contributed by atoms with Crippen LogP contribution in [0.2, 0.25) is 0 Å². The highest BCUT2D eigenvalue weighted by atomic mass is 15.3. The Balaban J connectivity index is 1.50. The molecular weight excluding hydrogens is 220 g/mol. The molecule has 0 amide bonds. The van der Waals surface area contributed by atoms with Gasteiger partial charge in [-0.3, -0.25) is 9.80 Å². The van der Waals surface area contributed by atoms with E-state index < -0.39 is 0 Å². The van der Waals surface area contributed by atoms with E-state index in [1.807, 2.05) is 0 Å². The summed E-state index contributed by atoms with van der Waals surface area (Å²) >= 11 is 0. The molecule has 3 rings (SSSR count). The van der Waals surface area contributed by atoms with Gasteiger partial charge in [0, 0.05) is 38.8 Å². The van der Waals surface area contributed by atoms with E-state index in [2.05, 4.69) is 41.0 Å². The van der Waals surface area contributed by atoms with Gasteiger partial charge < -0.3 is 0 Å². The fourth-order valence-corrected chi connectivity index (χ4v) is 3.11. The molecule has 1 saturated carbocycles. The highest BCUT2D eigenvalue weighted by Gasteiger charge is 2.27. The SMILES string of the molecule is Cc1cccc(CN2CCN(C3CCC3)CC2)c1. The molecule has 1 aromatic rings. The molecule has 0 aromatic heterocycles. The van der Waals surface area contributed by atoms with Crippen molar-refractivity contribution in [3.05, 3.63) is 35.4 Å². The minimum Gasteiger partial charge on any atom is -0.298 e. The van der Waals surface area contributed by atoms with Crippen molar-refractivity contribution < 1.29 is 0 Å². The Labute approximate surface area is 111 Å². The van der Waals surface area contributed by atoms with Crippen LogP contribution in [0, 0.1) is 6.92 Å². The molecule has 0 atom stereocenters. The number of nitrogens with zero attached hydrogens (tertiary/aromatic N) is 2. The van der Waals surface area contributed by atoms with E-state index in [0.29, 0.717) is 0 Å². The van der Waals surface area contributed by atoms with Crippen LogP contribution < -0.4 is 0 Å². The van der Waals surface area contributed by atoms with Crippen molar-refractivity contribution in [3.63, 3.8) is 0 Å². The predicted molar refractivity (Wildman–Crippen MR) is 75.7 cm³/mol. The molecule has 2 heteroatoms. The Kier molecular flexibility index (Phi) is 3.67. The summed E-state index contributed by atoms with van der Waals surface area (Å²) in [4.78, 5) is 5.31. The fourth-order valence-electron chi connectivity index (χ4n) is 3.11. The molecule has 0 radical (unpaired) electrons. The molecule has 1 heterocycles. The first-order valence-corrected chi connectivity index (χ1v) is 7.33. The molecule has 18 heavy (non-hydrogen) atoms. The summed E-state index contributed by atoms with van der Waals surface area (Å²) in [6.45, 7) is 8.33. The smallest absolute Gasteiger partial charge is 0.0234 e. The lowest BCUT2D eigenvalue weighted by Crippen LogP contribution is -2.51. The molecule has 1 aromatic carbocycles. The third-order valence-electron chi connectivity index (χ3n) is 4.49. The molecule has 0 bridgehead atoms. The maximum absolute atomic E-state index is 2.70.